The van der Waals surface area contributed by atoms with Crippen LogP contribution in [0.4, 0.5) is 0 Å². The largest absolute Gasteiger partial charge is 0.418 e. The Hall–Kier alpha value is -0.153. The fourth-order valence-corrected chi connectivity index (χ4v) is 1.53. The topological polar surface area (TPSA) is 26.3 Å². The summed E-state index contributed by atoms with van der Waals surface area (Å²) in [5.74, 6) is 0.306. The van der Waals surface area contributed by atoms with Crippen molar-refractivity contribution in [2.75, 3.05) is 0 Å². The molecule has 1 aliphatic carbocycles. The first-order chi connectivity index (χ1) is 3.84. The maximum absolute atomic E-state index is 10.7. The van der Waals surface area contributed by atoms with Gasteiger partial charge in [0.15, 0.2) is 5.78 Å². The maximum Gasteiger partial charge on any atom is 0.160 e. The van der Waals surface area contributed by atoms with Crippen molar-refractivity contribution in [3.8, 4) is 0 Å². The van der Waals surface area contributed by atoms with E-state index in [9.17, 15) is 4.79 Å². The molecule has 3 heteroatoms. The van der Waals surface area contributed by atoms with E-state index in [0.717, 1.165) is 19.3 Å². The fourth-order valence-electron chi connectivity index (χ4n) is 1.03. The Morgan fingerprint density at radius 3 is 2.75 bits per heavy atom. The van der Waals surface area contributed by atoms with Crippen LogP contribution in [-0.2, 0) is 9.22 Å². The van der Waals surface area contributed by atoms with E-state index in [1.54, 1.807) is 0 Å². The van der Waals surface area contributed by atoms with Gasteiger partial charge in [0.2, 0.25) is 0 Å². The molecule has 0 aliphatic heterocycles. The molecular formula is C5H10O2Si. The Morgan fingerprint density at radius 2 is 2.50 bits per heavy atom. The molecule has 0 radical (unpaired) electrons. The average Bonchev–Trinajstić information content (AvgIpc) is 2.14. The van der Waals surface area contributed by atoms with Crippen molar-refractivity contribution in [3.05, 3.63) is 0 Å². The molecule has 0 spiro atoms. The van der Waals surface area contributed by atoms with Gasteiger partial charge in [-0.3, -0.25) is 4.79 Å². The standard InChI is InChI=1S/C5H10O2Si/c6-4-2-1-3-5(4)7-8/h5H,1-3H2,8H3. The third-order valence-corrected chi connectivity index (χ3v) is 2.10. The van der Waals surface area contributed by atoms with E-state index in [0.29, 0.717) is 16.3 Å². The summed E-state index contributed by atoms with van der Waals surface area (Å²) in [6.07, 6.45) is 2.72. The van der Waals surface area contributed by atoms with Gasteiger partial charge < -0.3 is 4.43 Å². The van der Waals surface area contributed by atoms with E-state index < -0.39 is 0 Å². The van der Waals surface area contributed by atoms with Crippen LogP contribution in [-0.4, -0.2) is 22.4 Å². The average molecular weight is 130 g/mol. The Balaban J connectivity index is 2.42. The van der Waals surface area contributed by atoms with Crippen LogP contribution in [0.1, 0.15) is 19.3 Å². The highest BCUT2D eigenvalue weighted by Gasteiger charge is 2.22. The van der Waals surface area contributed by atoms with Gasteiger partial charge in [0.25, 0.3) is 0 Å². The summed E-state index contributed by atoms with van der Waals surface area (Å²) in [5, 5.41) is 0. The molecule has 1 unspecified atom stereocenters. The monoisotopic (exact) mass is 130 g/mol. The van der Waals surface area contributed by atoms with E-state index in [2.05, 4.69) is 0 Å². The molecule has 0 heterocycles. The van der Waals surface area contributed by atoms with Crippen LogP contribution >= 0.6 is 0 Å². The molecule has 0 saturated heterocycles. The first-order valence-electron chi connectivity index (χ1n) is 2.90. The van der Waals surface area contributed by atoms with Gasteiger partial charge in [0.1, 0.15) is 16.6 Å². The van der Waals surface area contributed by atoms with Crippen LogP contribution in [0.15, 0.2) is 0 Å². The van der Waals surface area contributed by atoms with Crippen LogP contribution in [0.25, 0.3) is 0 Å². The highest BCUT2D eigenvalue weighted by atomic mass is 28.2. The first-order valence-corrected chi connectivity index (χ1v) is 3.72. The molecule has 1 fully saturated rings. The summed E-state index contributed by atoms with van der Waals surface area (Å²) in [4.78, 5) is 10.7. The van der Waals surface area contributed by atoms with Crippen molar-refractivity contribution in [1.29, 1.82) is 0 Å². The van der Waals surface area contributed by atoms with Gasteiger partial charge in [-0.15, -0.1) is 0 Å². The number of rotatable bonds is 1. The van der Waals surface area contributed by atoms with Crippen LogP contribution in [0.2, 0.25) is 0 Å². The van der Waals surface area contributed by atoms with Gasteiger partial charge in [-0.05, 0) is 12.8 Å². The van der Waals surface area contributed by atoms with Crippen molar-refractivity contribution in [3.63, 3.8) is 0 Å². The maximum atomic E-state index is 10.7. The summed E-state index contributed by atoms with van der Waals surface area (Å²) >= 11 is 0. The molecule has 46 valence electrons. The summed E-state index contributed by atoms with van der Waals surface area (Å²) < 4.78 is 5.01. The predicted octanol–water partition coefficient (Wildman–Crippen LogP) is -0.595. The Bertz CT molecular complexity index is 103. The molecule has 2 nitrogen and oxygen atoms in total. The number of Topliss-reactive ketones (excluding diaryl/α,β-unsaturated/α-hetero) is 1. The van der Waals surface area contributed by atoms with Crippen molar-refractivity contribution < 1.29 is 9.22 Å². The number of hydrogen-bond donors (Lipinski definition) is 0. The second kappa shape index (κ2) is 2.41. The zero-order valence-electron chi connectivity index (χ0n) is 5.02. The zero-order valence-corrected chi connectivity index (χ0v) is 7.02. The molecule has 0 aromatic carbocycles. The van der Waals surface area contributed by atoms with Crippen LogP contribution in [0, 0.1) is 0 Å². The van der Waals surface area contributed by atoms with E-state index in [-0.39, 0.29) is 6.10 Å². The van der Waals surface area contributed by atoms with Gasteiger partial charge in [-0.1, -0.05) is 0 Å². The highest BCUT2D eigenvalue weighted by Crippen LogP contribution is 2.15. The molecule has 1 rings (SSSR count). The lowest BCUT2D eigenvalue weighted by Crippen LogP contribution is -2.15. The zero-order chi connectivity index (χ0) is 5.98. The van der Waals surface area contributed by atoms with Gasteiger partial charge in [-0.25, -0.2) is 0 Å². The molecule has 0 amide bonds. The first kappa shape index (κ1) is 5.97. The minimum absolute atomic E-state index is 0.0123. The quantitative estimate of drug-likeness (QED) is 0.443. The highest BCUT2D eigenvalue weighted by molar-refractivity contribution is 6.00. The van der Waals surface area contributed by atoms with Gasteiger partial charge in [-0.2, -0.15) is 0 Å². The number of carbonyl (C=O) groups excluding carboxylic acids is 1. The summed E-state index contributed by atoms with van der Waals surface area (Å²) in [6, 6.07) is 0. The summed E-state index contributed by atoms with van der Waals surface area (Å²) in [5.41, 5.74) is 0. The molecule has 0 aromatic rings. The van der Waals surface area contributed by atoms with E-state index in [4.69, 9.17) is 4.43 Å². The fraction of sp³-hybridized carbons (Fsp3) is 0.800. The van der Waals surface area contributed by atoms with Gasteiger partial charge >= 0.3 is 0 Å². The van der Waals surface area contributed by atoms with Crippen LogP contribution in [0.5, 0.6) is 0 Å². The number of hydrogen-bond acceptors (Lipinski definition) is 2. The van der Waals surface area contributed by atoms with Crippen LogP contribution < -0.4 is 0 Å². The van der Waals surface area contributed by atoms with Crippen molar-refractivity contribution in [1.82, 2.24) is 0 Å². The normalized spacial score (nSPS) is 29.5. The molecular weight excluding hydrogens is 120 g/mol. The predicted molar refractivity (Wildman–Crippen MR) is 33.7 cm³/mol. The van der Waals surface area contributed by atoms with E-state index >= 15 is 0 Å². The van der Waals surface area contributed by atoms with Crippen molar-refractivity contribution >= 4 is 16.3 Å². The molecule has 0 N–H and O–H groups in total. The van der Waals surface area contributed by atoms with Gasteiger partial charge in [0.05, 0.1) is 0 Å². The third-order valence-electron chi connectivity index (χ3n) is 1.53. The third kappa shape index (κ3) is 0.979. The Morgan fingerprint density at radius 1 is 1.75 bits per heavy atom. The molecule has 1 saturated carbocycles. The van der Waals surface area contributed by atoms with E-state index in [1.165, 1.54) is 0 Å². The van der Waals surface area contributed by atoms with Gasteiger partial charge in [0, 0.05) is 6.42 Å². The number of ketones is 1. The molecule has 1 aliphatic rings. The lowest BCUT2D eigenvalue weighted by molar-refractivity contribution is -0.123. The molecule has 0 aromatic heterocycles. The SMILES string of the molecule is O=C1CCCC1O[SiH3]. The van der Waals surface area contributed by atoms with Crippen molar-refractivity contribution in [2.45, 2.75) is 25.4 Å². The molecule has 1 atom stereocenters. The minimum Gasteiger partial charge on any atom is -0.418 e. The van der Waals surface area contributed by atoms with Crippen molar-refractivity contribution in [2.24, 2.45) is 0 Å². The summed E-state index contributed by atoms with van der Waals surface area (Å²) in [6.45, 7) is 0. The number of carbonyl (C=O) groups is 1. The lowest BCUT2D eigenvalue weighted by atomic mass is 10.3. The second-order valence-electron chi connectivity index (χ2n) is 2.08. The Kier molecular flexibility index (Phi) is 1.80. The minimum atomic E-state index is -0.0123. The lowest BCUT2D eigenvalue weighted by Gasteiger charge is -2.02. The molecule has 0 bridgehead atoms. The van der Waals surface area contributed by atoms with Crippen LogP contribution in [0.3, 0.4) is 0 Å². The smallest absolute Gasteiger partial charge is 0.160 e. The summed E-state index contributed by atoms with van der Waals surface area (Å²) in [7, 11) is 0.699. The second-order valence-corrected chi connectivity index (χ2v) is 2.55. The Labute approximate surface area is 51.8 Å². The molecule has 8 heavy (non-hydrogen) atoms. The van der Waals surface area contributed by atoms with E-state index in [1.807, 2.05) is 0 Å².